The normalized spacial score (nSPS) is 10.9. The molecule has 0 amide bonds. The van der Waals surface area contributed by atoms with Crippen LogP contribution in [0.1, 0.15) is 23.5 Å². The summed E-state index contributed by atoms with van der Waals surface area (Å²) in [6, 6.07) is 0. The molecule has 0 radical (unpaired) electrons. The summed E-state index contributed by atoms with van der Waals surface area (Å²) in [6.45, 7) is 2.57. The molecule has 0 unspecified atom stereocenters. The molecule has 0 N–H and O–H groups in total. The summed E-state index contributed by atoms with van der Waals surface area (Å²) in [5.41, 5.74) is 0.825. The Hall–Kier alpha value is -1.47. The number of aromatic nitrogens is 3. The van der Waals surface area contributed by atoms with E-state index >= 15 is 0 Å². The van der Waals surface area contributed by atoms with Gasteiger partial charge in [-0.2, -0.15) is 4.68 Å². The standard InChI is InChI=1S/C10H13N3O3S/c1-3-9-11-7(6-17-9)4-13-10(14)16-8(12-13)5-15-2/h6H,3-5H2,1-2H3. The van der Waals surface area contributed by atoms with Crippen molar-refractivity contribution >= 4 is 11.3 Å². The van der Waals surface area contributed by atoms with Crippen molar-refractivity contribution in [2.75, 3.05) is 7.11 Å². The SMILES string of the molecule is CCc1nc(Cn2nc(COC)oc2=O)cs1. The van der Waals surface area contributed by atoms with Crippen LogP contribution in [0.15, 0.2) is 14.6 Å². The second kappa shape index (κ2) is 5.24. The zero-order valence-corrected chi connectivity index (χ0v) is 10.5. The minimum Gasteiger partial charge on any atom is -0.390 e. The monoisotopic (exact) mass is 255 g/mol. The highest BCUT2D eigenvalue weighted by atomic mass is 32.1. The van der Waals surface area contributed by atoms with Crippen LogP contribution in [0.3, 0.4) is 0 Å². The Morgan fingerprint density at radius 1 is 1.59 bits per heavy atom. The molecule has 7 heteroatoms. The highest BCUT2D eigenvalue weighted by molar-refractivity contribution is 7.09. The number of thiazole rings is 1. The van der Waals surface area contributed by atoms with Gasteiger partial charge in [0.05, 0.1) is 17.2 Å². The fourth-order valence-corrected chi connectivity index (χ4v) is 2.10. The third-order valence-corrected chi connectivity index (χ3v) is 3.17. The minimum atomic E-state index is -0.483. The fourth-order valence-electron chi connectivity index (χ4n) is 1.37. The average molecular weight is 255 g/mol. The van der Waals surface area contributed by atoms with Crippen molar-refractivity contribution in [1.82, 2.24) is 14.8 Å². The van der Waals surface area contributed by atoms with E-state index in [9.17, 15) is 4.79 Å². The van der Waals surface area contributed by atoms with Gasteiger partial charge in [-0.25, -0.2) is 9.78 Å². The van der Waals surface area contributed by atoms with E-state index in [1.165, 1.54) is 11.8 Å². The average Bonchev–Trinajstić information content (AvgIpc) is 2.88. The third kappa shape index (κ3) is 2.80. The second-order valence-electron chi connectivity index (χ2n) is 3.44. The van der Waals surface area contributed by atoms with E-state index in [1.807, 2.05) is 12.3 Å². The molecule has 0 aromatic carbocycles. The lowest BCUT2D eigenvalue weighted by Crippen LogP contribution is -2.16. The van der Waals surface area contributed by atoms with Gasteiger partial charge in [0.1, 0.15) is 6.61 Å². The summed E-state index contributed by atoms with van der Waals surface area (Å²) < 4.78 is 11.0. The molecule has 0 aliphatic heterocycles. The van der Waals surface area contributed by atoms with Gasteiger partial charge < -0.3 is 9.15 Å². The second-order valence-corrected chi connectivity index (χ2v) is 4.38. The van der Waals surface area contributed by atoms with Gasteiger partial charge in [0.25, 0.3) is 0 Å². The third-order valence-electron chi connectivity index (χ3n) is 2.13. The molecule has 0 spiro atoms. The van der Waals surface area contributed by atoms with Gasteiger partial charge in [0.2, 0.25) is 5.89 Å². The number of methoxy groups -OCH3 is 1. The molecule has 0 bridgehead atoms. The van der Waals surface area contributed by atoms with Crippen molar-refractivity contribution < 1.29 is 9.15 Å². The van der Waals surface area contributed by atoms with Crippen molar-refractivity contribution in [2.45, 2.75) is 26.5 Å². The van der Waals surface area contributed by atoms with E-state index in [0.29, 0.717) is 6.54 Å². The smallest absolute Gasteiger partial charge is 0.390 e. The first kappa shape index (κ1) is 12.0. The molecule has 0 atom stereocenters. The predicted octanol–water partition coefficient (Wildman–Crippen LogP) is 1.05. The molecule has 0 saturated carbocycles. The van der Waals surface area contributed by atoms with Gasteiger partial charge >= 0.3 is 5.76 Å². The van der Waals surface area contributed by atoms with E-state index in [4.69, 9.17) is 9.15 Å². The lowest BCUT2D eigenvalue weighted by molar-refractivity contribution is 0.158. The van der Waals surface area contributed by atoms with Crippen LogP contribution >= 0.6 is 11.3 Å². The topological polar surface area (TPSA) is 70.2 Å². The summed E-state index contributed by atoms with van der Waals surface area (Å²) in [5, 5.41) is 6.98. The van der Waals surface area contributed by atoms with Crippen molar-refractivity contribution in [3.63, 3.8) is 0 Å². The Morgan fingerprint density at radius 3 is 3.06 bits per heavy atom. The molecule has 92 valence electrons. The molecule has 0 saturated heterocycles. The first-order chi connectivity index (χ1) is 8.22. The van der Waals surface area contributed by atoms with Crippen LogP contribution < -0.4 is 5.76 Å². The molecule has 0 fully saturated rings. The van der Waals surface area contributed by atoms with Crippen LogP contribution in [0, 0.1) is 0 Å². The van der Waals surface area contributed by atoms with Gasteiger partial charge in [-0.15, -0.1) is 16.4 Å². The molecular formula is C10H13N3O3S. The molecule has 0 aliphatic rings. The lowest BCUT2D eigenvalue weighted by Gasteiger charge is -1.93. The zero-order valence-electron chi connectivity index (χ0n) is 9.67. The maximum Gasteiger partial charge on any atom is 0.437 e. The Bertz CT molecular complexity index is 543. The van der Waals surface area contributed by atoms with Gasteiger partial charge in [0, 0.05) is 12.5 Å². The van der Waals surface area contributed by atoms with Crippen LogP contribution in [-0.2, 0) is 24.3 Å². The van der Waals surface area contributed by atoms with Gasteiger partial charge in [-0.1, -0.05) is 6.92 Å². The summed E-state index contributed by atoms with van der Waals surface area (Å²) in [6.07, 6.45) is 0.896. The zero-order chi connectivity index (χ0) is 12.3. The number of rotatable bonds is 5. The Balaban J connectivity index is 2.15. The maximum absolute atomic E-state index is 11.4. The van der Waals surface area contributed by atoms with E-state index in [2.05, 4.69) is 10.1 Å². The van der Waals surface area contributed by atoms with E-state index in [-0.39, 0.29) is 12.5 Å². The Kier molecular flexibility index (Phi) is 3.70. The highest BCUT2D eigenvalue weighted by Crippen LogP contribution is 2.10. The van der Waals surface area contributed by atoms with Crippen molar-refractivity contribution in [2.24, 2.45) is 0 Å². The van der Waals surface area contributed by atoms with Gasteiger partial charge in [0.15, 0.2) is 0 Å². The van der Waals surface area contributed by atoms with Gasteiger partial charge in [-0.3, -0.25) is 0 Å². The number of hydrogen-bond acceptors (Lipinski definition) is 6. The van der Waals surface area contributed by atoms with Gasteiger partial charge in [-0.05, 0) is 6.42 Å². The number of hydrogen-bond donors (Lipinski definition) is 0. The molecule has 17 heavy (non-hydrogen) atoms. The van der Waals surface area contributed by atoms with Crippen molar-refractivity contribution in [3.05, 3.63) is 32.5 Å². The first-order valence-corrected chi connectivity index (χ1v) is 6.10. The Labute approximate surface area is 102 Å². The fraction of sp³-hybridized carbons (Fsp3) is 0.500. The predicted molar refractivity (Wildman–Crippen MR) is 62.1 cm³/mol. The number of aryl methyl sites for hydroxylation is 1. The highest BCUT2D eigenvalue weighted by Gasteiger charge is 2.09. The van der Waals surface area contributed by atoms with E-state index in [1.54, 1.807) is 11.3 Å². The maximum atomic E-state index is 11.4. The van der Waals surface area contributed by atoms with Crippen LogP contribution in [0.2, 0.25) is 0 Å². The largest absolute Gasteiger partial charge is 0.437 e. The molecule has 2 heterocycles. The first-order valence-electron chi connectivity index (χ1n) is 5.22. The van der Waals surface area contributed by atoms with Crippen LogP contribution in [0.5, 0.6) is 0 Å². The minimum absolute atomic E-state index is 0.194. The molecular weight excluding hydrogens is 242 g/mol. The van der Waals surface area contributed by atoms with Crippen molar-refractivity contribution in [3.8, 4) is 0 Å². The number of nitrogens with zero attached hydrogens (tertiary/aromatic N) is 3. The van der Waals surface area contributed by atoms with E-state index in [0.717, 1.165) is 17.1 Å². The van der Waals surface area contributed by atoms with Crippen LogP contribution in [-0.4, -0.2) is 21.9 Å². The molecule has 2 rings (SSSR count). The number of ether oxygens (including phenoxy) is 1. The summed E-state index contributed by atoms with van der Waals surface area (Å²) in [7, 11) is 1.52. The van der Waals surface area contributed by atoms with Crippen LogP contribution in [0.25, 0.3) is 0 Å². The molecule has 2 aromatic rings. The quantitative estimate of drug-likeness (QED) is 0.798. The summed E-state index contributed by atoms with van der Waals surface area (Å²) in [4.78, 5) is 15.8. The van der Waals surface area contributed by atoms with E-state index < -0.39 is 5.76 Å². The Morgan fingerprint density at radius 2 is 2.41 bits per heavy atom. The summed E-state index contributed by atoms with van der Waals surface area (Å²) >= 11 is 1.58. The van der Waals surface area contributed by atoms with Crippen LogP contribution in [0.4, 0.5) is 0 Å². The molecule has 2 aromatic heterocycles. The van der Waals surface area contributed by atoms with Crippen molar-refractivity contribution in [1.29, 1.82) is 0 Å². The lowest BCUT2D eigenvalue weighted by atomic mass is 10.5. The summed E-state index contributed by atoms with van der Waals surface area (Å²) in [5.74, 6) is -0.202. The molecule has 0 aliphatic carbocycles. The molecule has 6 nitrogen and oxygen atoms in total.